The number of methoxy groups -OCH3 is 2. The Bertz CT molecular complexity index is 693. The van der Waals surface area contributed by atoms with Gasteiger partial charge < -0.3 is 24.8 Å². The number of rotatable bonds is 11. The second-order valence-electron chi connectivity index (χ2n) is 6.49. The summed E-state index contributed by atoms with van der Waals surface area (Å²) in [7, 11) is 3.01. The molecular weight excluding hydrogens is 346 g/mol. The molecule has 27 heavy (non-hydrogen) atoms. The predicted octanol–water partition coefficient (Wildman–Crippen LogP) is 2.51. The third kappa shape index (κ3) is 7.59. The van der Waals surface area contributed by atoms with Gasteiger partial charge in [-0.25, -0.2) is 0 Å². The fraction of sp³-hybridized carbons (Fsp3) is 0.500. The molecular formula is C20H29N3O4. The van der Waals surface area contributed by atoms with Gasteiger partial charge in [-0.15, -0.1) is 0 Å². The minimum absolute atomic E-state index is 0.0257. The maximum atomic E-state index is 12.0. The van der Waals surface area contributed by atoms with Gasteiger partial charge in [0.1, 0.15) is 6.07 Å². The van der Waals surface area contributed by atoms with Crippen molar-refractivity contribution in [1.29, 1.82) is 5.26 Å². The first-order valence-electron chi connectivity index (χ1n) is 8.83. The fourth-order valence-electron chi connectivity index (χ4n) is 2.56. The molecule has 0 atom stereocenters. The van der Waals surface area contributed by atoms with E-state index in [9.17, 15) is 4.79 Å². The molecule has 0 radical (unpaired) electrons. The largest absolute Gasteiger partial charge is 0.493 e. The van der Waals surface area contributed by atoms with E-state index in [1.54, 1.807) is 18.2 Å². The van der Waals surface area contributed by atoms with E-state index >= 15 is 0 Å². The van der Waals surface area contributed by atoms with Crippen molar-refractivity contribution in [3.63, 3.8) is 0 Å². The Labute approximate surface area is 161 Å². The molecule has 1 aromatic rings. The Morgan fingerprint density at radius 1 is 1.26 bits per heavy atom. The first-order valence-corrected chi connectivity index (χ1v) is 8.83. The minimum Gasteiger partial charge on any atom is -0.493 e. The maximum Gasteiger partial charge on any atom is 0.244 e. The number of hydrogen-bond acceptors (Lipinski definition) is 6. The van der Waals surface area contributed by atoms with Gasteiger partial charge in [0.25, 0.3) is 0 Å². The lowest BCUT2D eigenvalue weighted by Gasteiger charge is -2.25. The SMILES string of the molecule is CCNC(C)(C)CCNC(=O)/C=C/c1cc(OC)c(OC)c(OCC#N)c1. The van der Waals surface area contributed by atoms with Gasteiger partial charge in [-0.05, 0) is 50.6 Å². The normalized spacial score (nSPS) is 11.1. The summed E-state index contributed by atoms with van der Waals surface area (Å²) in [5.41, 5.74) is 0.672. The molecule has 0 aliphatic rings. The van der Waals surface area contributed by atoms with Crippen molar-refractivity contribution in [3.05, 3.63) is 23.8 Å². The fourth-order valence-corrected chi connectivity index (χ4v) is 2.56. The van der Waals surface area contributed by atoms with E-state index < -0.39 is 0 Å². The van der Waals surface area contributed by atoms with E-state index in [1.165, 1.54) is 20.3 Å². The zero-order chi connectivity index (χ0) is 20.3. The predicted molar refractivity (Wildman–Crippen MR) is 105 cm³/mol. The summed E-state index contributed by atoms with van der Waals surface area (Å²) in [6, 6.07) is 5.34. The van der Waals surface area contributed by atoms with Crippen molar-refractivity contribution >= 4 is 12.0 Å². The summed E-state index contributed by atoms with van der Waals surface area (Å²) in [4.78, 5) is 12.0. The van der Waals surface area contributed by atoms with Gasteiger partial charge in [-0.1, -0.05) is 6.92 Å². The highest BCUT2D eigenvalue weighted by molar-refractivity contribution is 5.91. The molecule has 7 heteroatoms. The summed E-state index contributed by atoms with van der Waals surface area (Å²) in [5, 5.41) is 15.0. The quantitative estimate of drug-likeness (QED) is 0.578. The molecule has 1 aromatic carbocycles. The number of benzene rings is 1. The molecule has 7 nitrogen and oxygen atoms in total. The molecule has 0 unspecified atom stereocenters. The van der Waals surface area contributed by atoms with Crippen molar-refractivity contribution in [2.45, 2.75) is 32.7 Å². The van der Waals surface area contributed by atoms with Crippen LogP contribution in [0.3, 0.4) is 0 Å². The molecule has 0 fully saturated rings. The standard InChI is InChI=1S/C20H29N3O4/c1-6-23-20(2,3)9-11-22-18(24)8-7-15-13-16(25-4)19(26-5)17(14-15)27-12-10-21/h7-8,13-14,23H,6,9,11-12H2,1-5H3,(H,22,24)/b8-7+. The molecule has 0 aliphatic heterocycles. The Hall–Kier alpha value is -2.72. The van der Waals surface area contributed by atoms with Crippen LogP contribution in [0.2, 0.25) is 0 Å². The molecule has 0 spiro atoms. The zero-order valence-corrected chi connectivity index (χ0v) is 16.7. The van der Waals surface area contributed by atoms with Crippen molar-refractivity contribution in [2.24, 2.45) is 0 Å². The summed E-state index contributed by atoms with van der Waals surface area (Å²) in [5.74, 6) is 1.06. The van der Waals surface area contributed by atoms with Crippen molar-refractivity contribution in [2.75, 3.05) is 33.9 Å². The van der Waals surface area contributed by atoms with Crippen LogP contribution < -0.4 is 24.8 Å². The van der Waals surface area contributed by atoms with Gasteiger partial charge >= 0.3 is 0 Å². The molecule has 0 saturated carbocycles. The van der Waals surface area contributed by atoms with Crippen LogP contribution in [0.1, 0.15) is 32.8 Å². The van der Waals surface area contributed by atoms with Gasteiger partial charge in [0, 0.05) is 18.2 Å². The van der Waals surface area contributed by atoms with Crippen LogP contribution in [0.4, 0.5) is 0 Å². The molecule has 1 amide bonds. The first-order chi connectivity index (χ1) is 12.9. The van der Waals surface area contributed by atoms with E-state index in [2.05, 4.69) is 31.4 Å². The number of amides is 1. The van der Waals surface area contributed by atoms with Gasteiger partial charge in [-0.2, -0.15) is 5.26 Å². The van der Waals surface area contributed by atoms with Gasteiger partial charge in [0.05, 0.1) is 14.2 Å². The van der Waals surface area contributed by atoms with Crippen LogP contribution in [0.25, 0.3) is 6.08 Å². The molecule has 1 rings (SSSR count). The highest BCUT2D eigenvalue weighted by Crippen LogP contribution is 2.38. The summed E-state index contributed by atoms with van der Waals surface area (Å²) >= 11 is 0. The lowest BCUT2D eigenvalue weighted by atomic mass is 10.0. The molecule has 2 N–H and O–H groups in total. The molecule has 0 aliphatic carbocycles. The van der Waals surface area contributed by atoms with Crippen LogP contribution in [0, 0.1) is 11.3 Å². The third-order valence-electron chi connectivity index (χ3n) is 3.89. The number of nitrogens with one attached hydrogen (secondary N) is 2. The average molecular weight is 375 g/mol. The summed E-state index contributed by atoms with van der Waals surface area (Å²) in [6.07, 6.45) is 3.93. The van der Waals surface area contributed by atoms with Crippen LogP contribution in [0.15, 0.2) is 18.2 Å². The lowest BCUT2D eigenvalue weighted by Crippen LogP contribution is -2.42. The Morgan fingerprint density at radius 3 is 2.56 bits per heavy atom. The topological polar surface area (TPSA) is 92.6 Å². The molecule has 0 heterocycles. The van der Waals surface area contributed by atoms with Crippen LogP contribution >= 0.6 is 0 Å². The van der Waals surface area contributed by atoms with E-state index in [0.717, 1.165) is 13.0 Å². The van der Waals surface area contributed by atoms with E-state index in [0.29, 0.717) is 29.4 Å². The number of ether oxygens (including phenoxy) is 3. The van der Waals surface area contributed by atoms with Gasteiger partial charge in [0.15, 0.2) is 18.1 Å². The number of nitrogens with zero attached hydrogens (tertiary/aromatic N) is 1. The molecule has 0 aromatic heterocycles. The van der Waals surface area contributed by atoms with Crippen molar-refractivity contribution in [1.82, 2.24) is 10.6 Å². The third-order valence-corrected chi connectivity index (χ3v) is 3.89. The average Bonchev–Trinajstić information content (AvgIpc) is 2.63. The minimum atomic E-state index is -0.184. The second-order valence-corrected chi connectivity index (χ2v) is 6.49. The molecule has 0 saturated heterocycles. The lowest BCUT2D eigenvalue weighted by molar-refractivity contribution is -0.116. The highest BCUT2D eigenvalue weighted by Gasteiger charge is 2.15. The van der Waals surface area contributed by atoms with E-state index in [-0.39, 0.29) is 18.1 Å². The second kappa shape index (κ2) is 11.1. The number of carbonyl (C=O) groups excluding carboxylic acids is 1. The van der Waals surface area contributed by atoms with Gasteiger partial charge in [0.2, 0.25) is 11.7 Å². The summed E-state index contributed by atoms with van der Waals surface area (Å²) in [6.45, 7) is 7.60. The maximum absolute atomic E-state index is 12.0. The number of nitriles is 1. The van der Waals surface area contributed by atoms with Crippen molar-refractivity contribution < 1.29 is 19.0 Å². The molecule has 0 bridgehead atoms. The Kier molecular flexibility index (Phi) is 9.17. The Morgan fingerprint density at radius 2 is 1.96 bits per heavy atom. The van der Waals surface area contributed by atoms with E-state index in [4.69, 9.17) is 19.5 Å². The number of hydrogen-bond donors (Lipinski definition) is 2. The zero-order valence-electron chi connectivity index (χ0n) is 16.7. The number of carbonyl (C=O) groups is 1. The monoisotopic (exact) mass is 375 g/mol. The van der Waals surface area contributed by atoms with E-state index in [1.807, 2.05) is 6.07 Å². The molecule has 148 valence electrons. The Balaban J connectivity index is 2.79. The van der Waals surface area contributed by atoms with Crippen LogP contribution in [0.5, 0.6) is 17.2 Å². The van der Waals surface area contributed by atoms with Crippen LogP contribution in [-0.2, 0) is 4.79 Å². The first kappa shape index (κ1) is 22.3. The smallest absolute Gasteiger partial charge is 0.244 e. The summed E-state index contributed by atoms with van der Waals surface area (Å²) < 4.78 is 16.0. The highest BCUT2D eigenvalue weighted by atomic mass is 16.5. The van der Waals surface area contributed by atoms with Gasteiger partial charge in [-0.3, -0.25) is 4.79 Å². The van der Waals surface area contributed by atoms with Crippen LogP contribution in [-0.4, -0.2) is 45.4 Å². The van der Waals surface area contributed by atoms with Crippen molar-refractivity contribution in [3.8, 4) is 23.3 Å².